The SMILES string of the molecule is O=C(O)C(F)(F)[n+]1cccc2ccccc21. The zero-order chi connectivity index (χ0) is 11.8. The third-order valence-electron chi connectivity index (χ3n) is 2.27. The molecule has 2 aromatic rings. The Hall–Kier alpha value is -2.04. The van der Waals surface area contributed by atoms with Crippen molar-refractivity contribution in [2.45, 2.75) is 6.05 Å². The molecule has 0 aliphatic rings. The maximum atomic E-state index is 13.4. The number of rotatable bonds is 2. The number of carboxylic acids is 1. The van der Waals surface area contributed by atoms with Crippen LogP contribution in [0.25, 0.3) is 10.9 Å². The van der Waals surface area contributed by atoms with E-state index in [0.717, 1.165) is 6.20 Å². The van der Waals surface area contributed by atoms with Crippen LogP contribution in [0.5, 0.6) is 0 Å². The van der Waals surface area contributed by atoms with Gasteiger partial charge in [0.1, 0.15) is 0 Å². The Balaban J connectivity index is 2.74. The molecule has 2 rings (SSSR count). The van der Waals surface area contributed by atoms with Crippen molar-refractivity contribution in [2.75, 3.05) is 0 Å². The molecule has 1 aromatic heterocycles. The molecule has 1 aromatic carbocycles. The molecule has 0 bridgehead atoms. The fraction of sp³-hybridized carbons (Fsp3) is 0.0909. The highest BCUT2D eigenvalue weighted by atomic mass is 19.3. The number of fused-ring (bicyclic) bond motifs is 1. The maximum Gasteiger partial charge on any atom is 0.564 e. The third kappa shape index (κ3) is 1.50. The van der Waals surface area contributed by atoms with Gasteiger partial charge in [-0.2, -0.15) is 0 Å². The van der Waals surface area contributed by atoms with Crippen LogP contribution in [-0.2, 0) is 10.8 Å². The zero-order valence-corrected chi connectivity index (χ0v) is 8.10. The second-order valence-electron chi connectivity index (χ2n) is 3.28. The van der Waals surface area contributed by atoms with E-state index in [9.17, 15) is 13.6 Å². The Morgan fingerprint density at radius 1 is 1.19 bits per heavy atom. The monoisotopic (exact) mass is 224 g/mol. The van der Waals surface area contributed by atoms with Gasteiger partial charge in [0.15, 0.2) is 6.20 Å². The first kappa shape index (κ1) is 10.5. The lowest BCUT2D eigenvalue weighted by Crippen LogP contribution is -2.55. The molecule has 0 aliphatic carbocycles. The molecule has 3 nitrogen and oxygen atoms in total. The number of pyridine rings is 1. The first-order chi connectivity index (χ1) is 7.53. The molecule has 0 saturated carbocycles. The summed E-state index contributed by atoms with van der Waals surface area (Å²) < 4.78 is 27.2. The number of nitrogens with zero attached hydrogens (tertiary/aromatic N) is 1. The van der Waals surface area contributed by atoms with E-state index in [1.807, 2.05) is 0 Å². The van der Waals surface area contributed by atoms with Crippen molar-refractivity contribution in [3.05, 3.63) is 42.6 Å². The van der Waals surface area contributed by atoms with Gasteiger partial charge >= 0.3 is 12.0 Å². The fourth-order valence-electron chi connectivity index (χ4n) is 1.51. The minimum atomic E-state index is -3.94. The molecule has 0 radical (unpaired) electrons. The van der Waals surface area contributed by atoms with Gasteiger partial charge in [-0.15, -0.1) is 13.3 Å². The highest BCUT2D eigenvalue weighted by Gasteiger charge is 2.51. The van der Waals surface area contributed by atoms with Crippen LogP contribution >= 0.6 is 0 Å². The highest BCUT2D eigenvalue weighted by molar-refractivity contribution is 5.76. The van der Waals surface area contributed by atoms with Gasteiger partial charge in [-0.3, -0.25) is 0 Å². The van der Waals surface area contributed by atoms with Crippen LogP contribution in [0.3, 0.4) is 0 Å². The second-order valence-corrected chi connectivity index (χ2v) is 3.28. The summed E-state index contributed by atoms with van der Waals surface area (Å²) in [5.74, 6) is -2.17. The van der Waals surface area contributed by atoms with Gasteiger partial charge in [0, 0.05) is 17.5 Å². The largest absolute Gasteiger partial charge is 0.564 e. The molecule has 0 spiro atoms. The van der Waals surface area contributed by atoms with Crippen molar-refractivity contribution >= 4 is 16.9 Å². The number of aromatic nitrogens is 1. The lowest BCUT2D eigenvalue weighted by Gasteiger charge is -2.07. The van der Waals surface area contributed by atoms with Crippen molar-refractivity contribution in [1.82, 2.24) is 0 Å². The number of benzene rings is 1. The molecule has 82 valence electrons. The van der Waals surface area contributed by atoms with Crippen LogP contribution < -0.4 is 4.57 Å². The van der Waals surface area contributed by atoms with Crippen LogP contribution in [0.15, 0.2) is 42.6 Å². The number of halogens is 2. The smallest absolute Gasteiger partial charge is 0.471 e. The number of aliphatic carboxylic acids is 1. The molecule has 1 N–H and O–H groups in total. The third-order valence-corrected chi connectivity index (χ3v) is 2.27. The summed E-state index contributed by atoms with van der Waals surface area (Å²) in [6.45, 7) is 0. The molecule has 0 saturated heterocycles. The molecule has 0 fully saturated rings. The second kappa shape index (κ2) is 3.52. The van der Waals surface area contributed by atoms with Gasteiger partial charge in [0.25, 0.3) is 0 Å². The summed E-state index contributed by atoms with van der Waals surface area (Å²) >= 11 is 0. The number of alkyl halides is 2. The Kier molecular flexibility index (Phi) is 2.30. The topological polar surface area (TPSA) is 41.2 Å². The van der Waals surface area contributed by atoms with Crippen LogP contribution in [-0.4, -0.2) is 11.1 Å². The highest BCUT2D eigenvalue weighted by Crippen LogP contribution is 2.17. The van der Waals surface area contributed by atoms with E-state index in [2.05, 4.69) is 0 Å². The Morgan fingerprint density at radius 2 is 1.81 bits per heavy atom. The predicted octanol–water partition coefficient (Wildman–Crippen LogP) is 1.76. The zero-order valence-electron chi connectivity index (χ0n) is 8.10. The summed E-state index contributed by atoms with van der Waals surface area (Å²) in [5.41, 5.74) is 0.178. The molecule has 0 atom stereocenters. The molecule has 0 unspecified atom stereocenters. The van der Waals surface area contributed by atoms with Crippen LogP contribution in [0.1, 0.15) is 0 Å². The van der Waals surface area contributed by atoms with E-state index in [1.54, 1.807) is 24.3 Å². The molecular weight excluding hydrogens is 216 g/mol. The van der Waals surface area contributed by atoms with Crippen molar-refractivity contribution < 1.29 is 23.2 Å². The molecule has 0 amide bonds. The summed E-state index contributed by atoms with van der Waals surface area (Å²) in [6.07, 6.45) is 1.05. The van der Waals surface area contributed by atoms with Crippen LogP contribution in [0, 0.1) is 0 Å². The van der Waals surface area contributed by atoms with Crippen molar-refractivity contribution in [1.29, 1.82) is 0 Å². The summed E-state index contributed by atoms with van der Waals surface area (Å²) in [4.78, 5) is 10.5. The summed E-state index contributed by atoms with van der Waals surface area (Å²) in [7, 11) is 0. The van der Waals surface area contributed by atoms with E-state index in [0.29, 0.717) is 9.95 Å². The summed E-state index contributed by atoms with van der Waals surface area (Å²) in [5, 5.41) is 9.04. The normalized spacial score (nSPS) is 11.6. The molecular formula is C11H8F2NO2+. The average Bonchev–Trinajstić information content (AvgIpc) is 2.28. The van der Waals surface area contributed by atoms with Crippen LogP contribution in [0.2, 0.25) is 0 Å². The maximum absolute atomic E-state index is 13.4. The Labute approximate surface area is 89.6 Å². The van der Waals surface area contributed by atoms with Gasteiger partial charge in [-0.1, -0.05) is 12.1 Å². The predicted molar refractivity (Wildman–Crippen MR) is 52.0 cm³/mol. The Bertz CT molecular complexity index is 549. The molecule has 5 heteroatoms. The standard InChI is InChI=1S/C11H7F2NO2/c12-11(13,10(15)16)14-7-3-5-8-4-1-2-6-9(8)14/h1-7H/p+1. The molecule has 16 heavy (non-hydrogen) atoms. The lowest BCUT2D eigenvalue weighted by molar-refractivity contribution is -0.785. The van der Waals surface area contributed by atoms with E-state index in [-0.39, 0.29) is 5.52 Å². The number of hydrogen-bond acceptors (Lipinski definition) is 1. The fourth-order valence-corrected chi connectivity index (χ4v) is 1.51. The quantitative estimate of drug-likeness (QED) is 0.790. The van der Waals surface area contributed by atoms with E-state index in [4.69, 9.17) is 5.11 Å². The average molecular weight is 224 g/mol. The van der Waals surface area contributed by atoms with Gasteiger partial charge in [-0.05, 0) is 12.1 Å². The first-order valence-corrected chi connectivity index (χ1v) is 4.54. The Morgan fingerprint density at radius 3 is 2.50 bits per heavy atom. The number of para-hydroxylation sites is 1. The van der Waals surface area contributed by atoms with Crippen molar-refractivity contribution in [2.24, 2.45) is 0 Å². The van der Waals surface area contributed by atoms with Crippen LogP contribution in [0.4, 0.5) is 8.78 Å². The number of hydrogen-bond donors (Lipinski definition) is 1. The minimum Gasteiger partial charge on any atom is -0.471 e. The van der Waals surface area contributed by atoms with E-state index >= 15 is 0 Å². The van der Waals surface area contributed by atoms with Crippen molar-refractivity contribution in [3.8, 4) is 0 Å². The number of carboxylic acid groups (broad SMARTS) is 1. The first-order valence-electron chi connectivity index (χ1n) is 4.54. The van der Waals surface area contributed by atoms with Gasteiger partial charge in [0.05, 0.1) is 0 Å². The summed E-state index contributed by atoms with van der Waals surface area (Å²) in [6, 6.07) is 5.46. The van der Waals surface area contributed by atoms with Gasteiger partial charge in [-0.25, -0.2) is 4.79 Å². The van der Waals surface area contributed by atoms with E-state index < -0.39 is 12.0 Å². The molecule has 0 aliphatic heterocycles. The van der Waals surface area contributed by atoms with Gasteiger partial charge < -0.3 is 5.11 Å². The van der Waals surface area contributed by atoms with E-state index in [1.165, 1.54) is 12.1 Å². The van der Waals surface area contributed by atoms with Gasteiger partial charge in [0.2, 0.25) is 5.52 Å². The van der Waals surface area contributed by atoms with Crippen molar-refractivity contribution in [3.63, 3.8) is 0 Å². The molecule has 1 heterocycles. The number of carbonyl (C=O) groups is 1. The lowest BCUT2D eigenvalue weighted by atomic mass is 10.2. The minimum absolute atomic E-state index is 0.178.